The Morgan fingerprint density at radius 1 is 0.833 bits per heavy atom. The lowest BCUT2D eigenvalue weighted by atomic mass is 9.87. The van der Waals surface area contributed by atoms with E-state index in [2.05, 4.69) is 33.4 Å². The van der Waals surface area contributed by atoms with E-state index in [-0.39, 0.29) is 30.0 Å². The minimum Gasteiger partial charge on any atom is -0.322 e. The van der Waals surface area contributed by atoms with E-state index >= 15 is 0 Å². The standard InChI is InChI=1S/C33H33N5O4/c39-30-10-9-28(31(40)35-30)38-20-24-18-22(7-8-26(24)32(38)41)21-11-15-36(16-12-21)19-23-4-3-5-27-25(23)13-17-37(33(27)42)29-6-1-2-14-34-29/h1-8,14,18,21,28H,9-13,15-17,19-20H2,(H,35,39,40). The molecule has 4 amide bonds. The van der Waals surface area contributed by atoms with Gasteiger partial charge in [-0.3, -0.25) is 34.3 Å². The van der Waals surface area contributed by atoms with Crippen LogP contribution in [0.2, 0.25) is 0 Å². The fourth-order valence-electron chi connectivity index (χ4n) is 6.99. The summed E-state index contributed by atoms with van der Waals surface area (Å²) >= 11 is 0. The van der Waals surface area contributed by atoms with Crippen LogP contribution in [0.3, 0.4) is 0 Å². The van der Waals surface area contributed by atoms with E-state index < -0.39 is 6.04 Å². The Bertz CT molecular complexity index is 1580. The van der Waals surface area contributed by atoms with Gasteiger partial charge in [-0.1, -0.05) is 30.3 Å². The molecule has 0 saturated carbocycles. The van der Waals surface area contributed by atoms with Crippen LogP contribution in [0.4, 0.5) is 5.82 Å². The van der Waals surface area contributed by atoms with Gasteiger partial charge >= 0.3 is 0 Å². The molecule has 9 heteroatoms. The zero-order valence-electron chi connectivity index (χ0n) is 23.4. The molecule has 2 saturated heterocycles. The highest BCUT2D eigenvalue weighted by Crippen LogP contribution is 2.34. The summed E-state index contributed by atoms with van der Waals surface area (Å²) in [6.07, 6.45) is 5.20. The Morgan fingerprint density at radius 2 is 1.69 bits per heavy atom. The number of carbonyl (C=O) groups excluding carboxylic acids is 4. The van der Waals surface area contributed by atoms with Crippen LogP contribution >= 0.6 is 0 Å². The van der Waals surface area contributed by atoms with Crippen molar-refractivity contribution in [2.45, 2.75) is 57.2 Å². The molecule has 9 nitrogen and oxygen atoms in total. The second-order valence-electron chi connectivity index (χ2n) is 11.7. The zero-order valence-corrected chi connectivity index (χ0v) is 23.4. The number of nitrogens with zero attached hydrogens (tertiary/aromatic N) is 4. The number of aromatic nitrogens is 1. The number of likely N-dealkylation sites (tertiary alicyclic amines) is 1. The molecule has 1 atom stereocenters. The monoisotopic (exact) mass is 563 g/mol. The first kappa shape index (κ1) is 26.5. The van der Waals surface area contributed by atoms with Gasteiger partial charge < -0.3 is 4.90 Å². The minimum atomic E-state index is -0.591. The van der Waals surface area contributed by atoms with Crippen molar-refractivity contribution in [1.82, 2.24) is 20.1 Å². The van der Waals surface area contributed by atoms with Gasteiger partial charge in [0.05, 0.1) is 0 Å². The lowest BCUT2D eigenvalue weighted by Crippen LogP contribution is -2.52. The summed E-state index contributed by atoms with van der Waals surface area (Å²) in [5.41, 5.74) is 6.02. The number of pyridine rings is 1. The highest BCUT2D eigenvalue weighted by molar-refractivity contribution is 6.08. The maximum absolute atomic E-state index is 13.3. The third kappa shape index (κ3) is 4.77. The summed E-state index contributed by atoms with van der Waals surface area (Å²) in [5.74, 6) is 0.330. The van der Waals surface area contributed by atoms with Crippen molar-refractivity contribution >= 4 is 29.4 Å². The summed E-state index contributed by atoms with van der Waals surface area (Å²) in [7, 11) is 0. The number of benzene rings is 2. The van der Waals surface area contributed by atoms with Crippen LogP contribution in [0.25, 0.3) is 0 Å². The minimum absolute atomic E-state index is 0.0155. The van der Waals surface area contributed by atoms with Gasteiger partial charge in [0.2, 0.25) is 11.8 Å². The molecule has 0 radical (unpaired) electrons. The van der Waals surface area contributed by atoms with Crippen LogP contribution in [-0.4, -0.2) is 64.1 Å². The van der Waals surface area contributed by atoms with Crippen LogP contribution in [0.15, 0.2) is 60.8 Å². The number of nitrogens with one attached hydrogen (secondary N) is 1. The second-order valence-corrected chi connectivity index (χ2v) is 11.7. The number of piperidine rings is 2. The highest BCUT2D eigenvalue weighted by Gasteiger charge is 2.39. The molecule has 214 valence electrons. The number of rotatable bonds is 5. The van der Waals surface area contributed by atoms with Crippen molar-refractivity contribution in [3.8, 4) is 0 Å². The molecule has 4 aliphatic heterocycles. The van der Waals surface area contributed by atoms with E-state index in [1.807, 2.05) is 36.4 Å². The van der Waals surface area contributed by atoms with Crippen molar-refractivity contribution in [1.29, 1.82) is 0 Å². The molecule has 0 spiro atoms. The number of anilines is 1. The summed E-state index contributed by atoms with van der Waals surface area (Å²) < 4.78 is 0. The van der Waals surface area contributed by atoms with Gasteiger partial charge in [0.1, 0.15) is 11.9 Å². The first-order valence-corrected chi connectivity index (χ1v) is 14.8. The molecule has 2 fully saturated rings. The average Bonchev–Trinajstić information content (AvgIpc) is 3.33. The molecule has 5 heterocycles. The Labute approximate surface area is 244 Å². The number of imide groups is 1. The van der Waals surface area contributed by atoms with Gasteiger partial charge in [0.15, 0.2) is 0 Å². The molecule has 1 aromatic heterocycles. The summed E-state index contributed by atoms with van der Waals surface area (Å²) in [6.45, 7) is 3.78. The van der Waals surface area contributed by atoms with Crippen LogP contribution in [0.1, 0.15) is 74.6 Å². The molecule has 42 heavy (non-hydrogen) atoms. The summed E-state index contributed by atoms with van der Waals surface area (Å²) in [6, 6.07) is 17.2. The van der Waals surface area contributed by atoms with Crippen molar-refractivity contribution < 1.29 is 19.2 Å². The topological polar surface area (TPSA) is 103 Å². The van der Waals surface area contributed by atoms with Crippen molar-refractivity contribution in [3.63, 3.8) is 0 Å². The molecular formula is C33H33N5O4. The van der Waals surface area contributed by atoms with E-state index in [9.17, 15) is 19.2 Å². The van der Waals surface area contributed by atoms with E-state index in [0.717, 1.165) is 55.6 Å². The van der Waals surface area contributed by atoms with Crippen LogP contribution in [-0.2, 0) is 29.1 Å². The first-order valence-electron chi connectivity index (χ1n) is 14.8. The second kappa shape index (κ2) is 10.8. The van der Waals surface area contributed by atoms with Crippen molar-refractivity contribution in [3.05, 3.63) is 94.2 Å². The molecule has 1 unspecified atom stereocenters. The SMILES string of the molecule is O=C1CCC(N2Cc3cc(C4CCN(Cc5cccc6c5CCN(c5ccccn5)C6=O)CC4)ccc3C2=O)C(=O)N1. The first-order chi connectivity index (χ1) is 20.5. The van der Waals surface area contributed by atoms with E-state index in [4.69, 9.17) is 0 Å². The van der Waals surface area contributed by atoms with Crippen molar-refractivity contribution in [2.75, 3.05) is 24.5 Å². The normalized spacial score (nSPS) is 21.4. The average molecular weight is 564 g/mol. The van der Waals surface area contributed by atoms with Crippen LogP contribution in [0.5, 0.6) is 0 Å². The molecule has 7 rings (SSSR count). The molecule has 0 aliphatic carbocycles. The van der Waals surface area contributed by atoms with Gasteiger partial charge in [-0.2, -0.15) is 0 Å². The van der Waals surface area contributed by atoms with Gasteiger partial charge in [-0.25, -0.2) is 4.98 Å². The Kier molecular flexibility index (Phi) is 6.82. The van der Waals surface area contributed by atoms with E-state index in [1.165, 1.54) is 11.1 Å². The lowest BCUT2D eigenvalue weighted by Gasteiger charge is -2.34. The smallest absolute Gasteiger partial charge is 0.259 e. The Morgan fingerprint density at radius 3 is 2.48 bits per heavy atom. The molecule has 3 aromatic rings. The number of amides is 4. The van der Waals surface area contributed by atoms with Crippen LogP contribution < -0.4 is 10.2 Å². The van der Waals surface area contributed by atoms with Gasteiger partial charge in [0, 0.05) is 43.4 Å². The predicted molar refractivity (Wildman–Crippen MR) is 156 cm³/mol. The summed E-state index contributed by atoms with van der Waals surface area (Å²) in [4.78, 5) is 60.6. The number of hydrogen-bond acceptors (Lipinski definition) is 6. The molecular weight excluding hydrogens is 530 g/mol. The Hall–Kier alpha value is -4.37. The zero-order chi connectivity index (χ0) is 28.8. The van der Waals surface area contributed by atoms with Crippen molar-refractivity contribution in [2.24, 2.45) is 0 Å². The quantitative estimate of drug-likeness (QED) is 0.478. The third-order valence-corrected chi connectivity index (χ3v) is 9.26. The molecule has 4 aliphatic rings. The maximum Gasteiger partial charge on any atom is 0.259 e. The van der Waals surface area contributed by atoms with Gasteiger partial charge in [0.25, 0.3) is 11.8 Å². The lowest BCUT2D eigenvalue weighted by molar-refractivity contribution is -0.136. The third-order valence-electron chi connectivity index (χ3n) is 9.26. The molecule has 0 bridgehead atoms. The van der Waals surface area contributed by atoms with Crippen LogP contribution in [0, 0.1) is 0 Å². The fourth-order valence-corrected chi connectivity index (χ4v) is 6.99. The molecule has 2 aromatic carbocycles. The van der Waals surface area contributed by atoms with E-state index in [0.29, 0.717) is 36.8 Å². The largest absolute Gasteiger partial charge is 0.322 e. The maximum atomic E-state index is 13.3. The van der Waals surface area contributed by atoms with Gasteiger partial charge in [-0.05, 0) is 91.2 Å². The summed E-state index contributed by atoms with van der Waals surface area (Å²) in [5, 5.41) is 2.37. The predicted octanol–water partition coefficient (Wildman–Crippen LogP) is 3.43. The van der Waals surface area contributed by atoms with E-state index in [1.54, 1.807) is 16.0 Å². The fraction of sp³-hybridized carbons (Fsp3) is 0.364. The van der Waals surface area contributed by atoms with Gasteiger partial charge in [-0.15, -0.1) is 0 Å². The highest BCUT2D eigenvalue weighted by atomic mass is 16.2. The number of hydrogen-bond donors (Lipinski definition) is 1. The molecule has 1 N–H and O–H groups in total. The Balaban J connectivity index is 0.993. The number of fused-ring (bicyclic) bond motifs is 2. The number of carbonyl (C=O) groups is 4.